The number of fused-ring (bicyclic) bond motifs is 6. The number of likely N-dealkylation sites (tertiary alicyclic amines) is 2. The summed E-state index contributed by atoms with van der Waals surface area (Å²) in [4.78, 5) is 60.6. The molecule has 5 atom stereocenters. The van der Waals surface area contributed by atoms with E-state index in [2.05, 4.69) is 58.3 Å². The number of carbonyl (C=O) groups is 3. The highest BCUT2D eigenvalue weighted by atomic mass is 16.5. The molecular weight excluding hydrogens is 763 g/mol. The Morgan fingerprint density at radius 1 is 0.754 bits per heavy atom. The number of H-pyrrole nitrogens is 2. The van der Waals surface area contributed by atoms with Crippen LogP contribution in [0, 0.1) is 17.3 Å². The monoisotopic (exact) mass is 825 g/mol. The first-order valence-corrected chi connectivity index (χ1v) is 23.4. The first-order chi connectivity index (χ1) is 29.5. The van der Waals surface area contributed by atoms with Gasteiger partial charge in [0, 0.05) is 30.6 Å². The van der Waals surface area contributed by atoms with E-state index >= 15 is 0 Å². The van der Waals surface area contributed by atoms with Gasteiger partial charge in [-0.25, -0.2) is 14.8 Å². The summed E-state index contributed by atoms with van der Waals surface area (Å²) in [6.07, 6.45) is 18.8. The standard InChI is InChI=1S/C50H63N7O4/c1-28(2)22-42(58)56-20-8-10-40(56)46-51-26-38(53-46)33-15-14-32(36-24-50(25-37(33)36)18-6-7-19-50)34-16-17-35(44-31-13-12-30(23-31)43(34)44)39-27-52-47(54-39)41-11-9-21-57(41)48(59)45(29(3)4)55-49(60)61-5/h14-17,26-31,40-41,45H,6-13,18-25H2,1-5H3,(H,51,53)(H,52,54)(H,55,60)/t30?,31?,40-,41-,45-/m0/s1. The molecule has 11 nitrogen and oxygen atoms in total. The molecule has 10 rings (SSSR count). The molecular formula is C50H63N7O4. The molecule has 4 aromatic rings. The summed E-state index contributed by atoms with van der Waals surface area (Å²) in [5.74, 6) is 3.21. The van der Waals surface area contributed by atoms with Crippen molar-refractivity contribution < 1.29 is 19.1 Å². The highest BCUT2D eigenvalue weighted by molar-refractivity contribution is 5.87. The van der Waals surface area contributed by atoms with Gasteiger partial charge in [0.05, 0.1) is 43.0 Å². The Labute approximate surface area is 360 Å². The fourth-order valence-electron chi connectivity index (χ4n) is 12.7. The molecule has 2 aromatic heterocycles. The van der Waals surface area contributed by atoms with Gasteiger partial charge in [-0.3, -0.25) is 9.59 Å². The number of hydrogen-bond donors (Lipinski definition) is 3. The predicted molar refractivity (Wildman–Crippen MR) is 236 cm³/mol. The Bertz CT molecular complexity index is 2350. The van der Waals surface area contributed by atoms with Crippen molar-refractivity contribution in [1.82, 2.24) is 35.1 Å². The second-order valence-electron chi connectivity index (χ2n) is 20.1. The average Bonchev–Trinajstić information content (AvgIpc) is 4.10. The Balaban J connectivity index is 0.984. The molecule has 4 fully saturated rings. The number of methoxy groups -OCH3 is 1. The van der Waals surface area contributed by atoms with Crippen molar-refractivity contribution in [2.24, 2.45) is 17.3 Å². The molecule has 2 aromatic carbocycles. The van der Waals surface area contributed by atoms with E-state index in [4.69, 9.17) is 14.7 Å². The molecule has 322 valence electrons. The maximum absolute atomic E-state index is 13.9. The van der Waals surface area contributed by atoms with Crippen molar-refractivity contribution >= 4 is 17.9 Å². The van der Waals surface area contributed by atoms with Crippen molar-refractivity contribution in [1.29, 1.82) is 0 Å². The number of hydrogen-bond acceptors (Lipinski definition) is 6. The molecule has 61 heavy (non-hydrogen) atoms. The molecule has 3 amide bonds. The van der Waals surface area contributed by atoms with E-state index in [0.29, 0.717) is 36.1 Å². The van der Waals surface area contributed by atoms with Crippen LogP contribution in [0.15, 0.2) is 36.7 Å². The van der Waals surface area contributed by atoms with Crippen LogP contribution in [0.1, 0.15) is 163 Å². The Morgan fingerprint density at radius 3 is 1.95 bits per heavy atom. The third kappa shape index (κ3) is 6.98. The largest absolute Gasteiger partial charge is 0.453 e. The third-order valence-electron chi connectivity index (χ3n) is 15.5. The van der Waals surface area contributed by atoms with Gasteiger partial charge in [-0.1, -0.05) is 64.8 Å². The fraction of sp³-hybridized carbons (Fsp3) is 0.580. The van der Waals surface area contributed by atoms with Crippen LogP contribution >= 0.6 is 0 Å². The first-order valence-electron chi connectivity index (χ1n) is 23.4. The topological polar surface area (TPSA) is 136 Å². The van der Waals surface area contributed by atoms with Gasteiger partial charge in [-0.2, -0.15) is 0 Å². The Morgan fingerprint density at radius 2 is 1.31 bits per heavy atom. The van der Waals surface area contributed by atoms with E-state index in [1.54, 1.807) is 0 Å². The van der Waals surface area contributed by atoms with E-state index in [-0.39, 0.29) is 29.8 Å². The van der Waals surface area contributed by atoms with Crippen LogP contribution in [-0.4, -0.2) is 73.9 Å². The molecule has 2 bridgehead atoms. The van der Waals surface area contributed by atoms with Crippen LogP contribution in [0.3, 0.4) is 0 Å². The van der Waals surface area contributed by atoms with Gasteiger partial charge in [0.1, 0.15) is 17.7 Å². The molecule has 11 heteroatoms. The summed E-state index contributed by atoms with van der Waals surface area (Å²) in [7, 11) is 1.32. The van der Waals surface area contributed by atoms with Crippen LogP contribution < -0.4 is 5.32 Å². The maximum Gasteiger partial charge on any atom is 0.407 e. The van der Waals surface area contributed by atoms with Crippen LogP contribution in [0.25, 0.3) is 33.6 Å². The highest BCUT2D eigenvalue weighted by Crippen LogP contribution is 2.60. The van der Waals surface area contributed by atoms with Crippen molar-refractivity contribution in [3.05, 3.63) is 70.6 Å². The lowest BCUT2D eigenvalue weighted by Crippen LogP contribution is -2.51. The van der Waals surface area contributed by atoms with Crippen LogP contribution in [-0.2, 0) is 27.2 Å². The number of nitrogens with one attached hydrogen (secondary N) is 3. The summed E-state index contributed by atoms with van der Waals surface area (Å²) in [5.41, 5.74) is 13.8. The Hall–Kier alpha value is -4.93. The van der Waals surface area contributed by atoms with Gasteiger partial charge < -0.3 is 29.8 Å². The van der Waals surface area contributed by atoms with E-state index < -0.39 is 12.1 Å². The average molecular weight is 826 g/mol. The smallest absolute Gasteiger partial charge is 0.407 e. The van der Waals surface area contributed by atoms with E-state index in [0.717, 1.165) is 68.1 Å². The Kier molecular flexibility index (Phi) is 10.4. The van der Waals surface area contributed by atoms with Crippen LogP contribution in [0.2, 0.25) is 0 Å². The predicted octanol–water partition coefficient (Wildman–Crippen LogP) is 9.91. The minimum atomic E-state index is -0.667. The van der Waals surface area contributed by atoms with Crippen LogP contribution in [0.5, 0.6) is 0 Å². The van der Waals surface area contributed by atoms with Gasteiger partial charge >= 0.3 is 6.09 Å². The van der Waals surface area contributed by atoms with Crippen molar-refractivity contribution in [3.63, 3.8) is 0 Å². The van der Waals surface area contributed by atoms with Gasteiger partial charge in [0.15, 0.2) is 0 Å². The van der Waals surface area contributed by atoms with Crippen molar-refractivity contribution in [3.8, 4) is 33.6 Å². The number of carbonyl (C=O) groups excluding carboxylic acids is 3. The molecule has 3 N–H and O–H groups in total. The fourth-order valence-corrected chi connectivity index (χ4v) is 12.7. The van der Waals surface area contributed by atoms with Gasteiger partial charge in [0.25, 0.3) is 0 Å². The molecule has 4 aliphatic carbocycles. The molecule has 2 saturated carbocycles. The zero-order chi connectivity index (χ0) is 42.2. The number of ether oxygens (including phenoxy) is 1. The molecule has 2 aliphatic heterocycles. The minimum absolute atomic E-state index is 0.0168. The maximum atomic E-state index is 13.9. The summed E-state index contributed by atoms with van der Waals surface area (Å²) in [6.45, 7) is 9.56. The summed E-state index contributed by atoms with van der Waals surface area (Å²) in [6, 6.07) is 8.70. The zero-order valence-electron chi connectivity index (χ0n) is 36.7. The molecule has 1 spiro atoms. The first kappa shape index (κ1) is 40.2. The molecule has 2 saturated heterocycles. The quantitative estimate of drug-likeness (QED) is 0.146. The summed E-state index contributed by atoms with van der Waals surface area (Å²) in [5, 5.41) is 2.77. The second kappa shape index (κ2) is 15.8. The lowest BCUT2D eigenvalue weighted by atomic mass is 9.80. The zero-order valence-corrected chi connectivity index (χ0v) is 36.7. The number of benzene rings is 2. The SMILES string of the molecule is COC(=O)N[C@H](C(=O)N1CCC[C@H]1c1ncc(-c2ccc(-c3ccc(-c4cnc([C@@H]5CCCN5C(=O)CC(C)C)[nH]4)c4c3CC3(CCCC3)C4)c3c2C2CCC3C2)[nH]1)C(C)C. The number of nitrogens with zero attached hydrogens (tertiary/aromatic N) is 4. The van der Waals surface area contributed by atoms with Crippen molar-refractivity contribution in [2.75, 3.05) is 20.2 Å². The van der Waals surface area contributed by atoms with Crippen LogP contribution in [0.4, 0.5) is 4.79 Å². The number of rotatable bonds is 10. The number of aromatic nitrogens is 4. The molecule has 6 aliphatic rings. The summed E-state index contributed by atoms with van der Waals surface area (Å²) < 4.78 is 4.85. The minimum Gasteiger partial charge on any atom is -0.453 e. The van der Waals surface area contributed by atoms with E-state index in [1.807, 2.05) is 31.1 Å². The van der Waals surface area contributed by atoms with Gasteiger partial charge in [-0.05, 0) is 133 Å². The number of aromatic amines is 2. The number of imidazole rings is 2. The van der Waals surface area contributed by atoms with Crippen molar-refractivity contribution in [2.45, 2.75) is 148 Å². The molecule has 0 radical (unpaired) electrons. The lowest BCUT2D eigenvalue weighted by molar-refractivity contribution is -0.135. The van der Waals surface area contributed by atoms with E-state index in [9.17, 15) is 14.4 Å². The summed E-state index contributed by atoms with van der Waals surface area (Å²) >= 11 is 0. The van der Waals surface area contributed by atoms with E-state index in [1.165, 1.54) is 96.6 Å². The molecule has 4 heterocycles. The lowest BCUT2D eigenvalue weighted by Gasteiger charge is -2.30. The normalized spacial score (nSPS) is 24.0. The van der Waals surface area contributed by atoms with Gasteiger partial charge in [0.2, 0.25) is 11.8 Å². The number of alkyl carbamates (subject to hydrolysis) is 1. The third-order valence-corrected chi connectivity index (χ3v) is 15.5. The second-order valence-corrected chi connectivity index (χ2v) is 20.1. The van der Waals surface area contributed by atoms with Gasteiger partial charge in [-0.15, -0.1) is 0 Å². The molecule has 2 unspecified atom stereocenters. The highest BCUT2D eigenvalue weighted by Gasteiger charge is 2.45. The number of amides is 3.